The largest absolute Gasteiger partial charge is 0.311 e. The fourth-order valence-corrected chi connectivity index (χ4v) is 1.73. The zero-order valence-corrected chi connectivity index (χ0v) is 12.0. The van der Waals surface area contributed by atoms with Crippen LogP contribution in [0.4, 0.5) is 11.5 Å². The van der Waals surface area contributed by atoms with E-state index in [4.69, 9.17) is 23.2 Å². The summed E-state index contributed by atoms with van der Waals surface area (Å²) >= 11 is 11.5. The second kappa shape index (κ2) is 6.51. The van der Waals surface area contributed by atoms with Gasteiger partial charge in [-0.1, -0.05) is 23.2 Å². The summed E-state index contributed by atoms with van der Waals surface area (Å²) in [7, 11) is 0. The number of pyridine rings is 1. The number of nitro groups is 1. The number of hydrogen-bond acceptors (Lipinski definition) is 5. The van der Waals surface area contributed by atoms with Gasteiger partial charge in [0.15, 0.2) is 0 Å². The summed E-state index contributed by atoms with van der Waals surface area (Å²) in [6.45, 7) is 0.209. The van der Waals surface area contributed by atoms with Gasteiger partial charge in [0.1, 0.15) is 18.2 Å². The zero-order chi connectivity index (χ0) is 15.4. The second-order valence-corrected chi connectivity index (χ2v) is 4.81. The van der Waals surface area contributed by atoms with Gasteiger partial charge < -0.3 is 5.32 Å². The van der Waals surface area contributed by atoms with Crippen LogP contribution in [0.15, 0.2) is 24.7 Å². The molecular weight excluding hydrogens is 321 g/mol. The van der Waals surface area contributed by atoms with Crippen LogP contribution in [-0.4, -0.2) is 25.6 Å². The van der Waals surface area contributed by atoms with E-state index in [1.54, 1.807) is 0 Å². The highest BCUT2D eigenvalue weighted by molar-refractivity contribution is 6.42. The Morgan fingerprint density at radius 2 is 2.14 bits per heavy atom. The van der Waals surface area contributed by atoms with Gasteiger partial charge in [-0.3, -0.25) is 19.6 Å². The number of nitrogens with zero attached hydrogens (tertiary/aromatic N) is 4. The van der Waals surface area contributed by atoms with Gasteiger partial charge in [-0.2, -0.15) is 5.10 Å². The van der Waals surface area contributed by atoms with Crippen molar-refractivity contribution in [1.82, 2.24) is 14.8 Å². The molecule has 2 aromatic heterocycles. The molecular formula is C11H9Cl2N5O3. The summed E-state index contributed by atoms with van der Waals surface area (Å²) in [6, 6.07) is 1.43. The van der Waals surface area contributed by atoms with Crippen LogP contribution < -0.4 is 5.32 Å². The summed E-state index contributed by atoms with van der Waals surface area (Å²) in [6.07, 6.45) is 3.79. The van der Waals surface area contributed by atoms with E-state index in [0.29, 0.717) is 5.02 Å². The third-order valence-corrected chi connectivity index (χ3v) is 3.19. The summed E-state index contributed by atoms with van der Waals surface area (Å²) in [5, 5.41) is 17.4. The predicted molar refractivity (Wildman–Crippen MR) is 76.4 cm³/mol. The molecule has 0 radical (unpaired) electrons. The van der Waals surface area contributed by atoms with Crippen molar-refractivity contribution in [2.75, 3.05) is 5.32 Å². The zero-order valence-electron chi connectivity index (χ0n) is 10.5. The summed E-state index contributed by atoms with van der Waals surface area (Å²) in [4.78, 5) is 25.6. The number of hydrogen-bond donors (Lipinski definition) is 1. The first-order chi connectivity index (χ1) is 9.95. The van der Waals surface area contributed by atoms with Crippen LogP contribution in [-0.2, 0) is 11.3 Å². The number of aryl methyl sites for hydroxylation is 1. The van der Waals surface area contributed by atoms with Crippen LogP contribution in [0.3, 0.4) is 0 Å². The second-order valence-electron chi connectivity index (χ2n) is 4.00. The average Bonchev–Trinajstić information content (AvgIpc) is 2.90. The lowest BCUT2D eigenvalue weighted by atomic mass is 10.4. The Hall–Kier alpha value is -2.19. The third-order valence-electron chi connectivity index (χ3n) is 2.47. The molecule has 0 bridgehead atoms. The van der Waals surface area contributed by atoms with Gasteiger partial charge >= 0.3 is 5.69 Å². The number of carbonyl (C=O) groups is 1. The minimum Gasteiger partial charge on any atom is -0.311 e. The van der Waals surface area contributed by atoms with E-state index in [1.807, 2.05) is 0 Å². The molecule has 0 aliphatic carbocycles. The van der Waals surface area contributed by atoms with E-state index in [1.165, 1.54) is 23.1 Å². The fourth-order valence-electron chi connectivity index (χ4n) is 1.47. The maximum atomic E-state index is 11.7. The van der Waals surface area contributed by atoms with E-state index in [-0.39, 0.29) is 35.4 Å². The van der Waals surface area contributed by atoms with Crippen molar-refractivity contribution in [3.05, 3.63) is 44.8 Å². The van der Waals surface area contributed by atoms with E-state index >= 15 is 0 Å². The van der Waals surface area contributed by atoms with Gasteiger partial charge in [0.05, 0.1) is 15.0 Å². The monoisotopic (exact) mass is 329 g/mol. The molecule has 10 heteroatoms. The third kappa shape index (κ3) is 4.14. The first kappa shape index (κ1) is 15.2. The van der Waals surface area contributed by atoms with Crippen molar-refractivity contribution in [2.45, 2.75) is 13.0 Å². The lowest BCUT2D eigenvalue weighted by Crippen LogP contribution is -2.15. The normalized spacial score (nSPS) is 10.4. The Kier molecular flexibility index (Phi) is 4.71. The Balaban J connectivity index is 1.89. The maximum Gasteiger partial charge on any atom is 0.306 e. The first-order valence-electron chi connectivity index (χ1n) is 5.73. The number of amides is 1. The highest BCUT2D eigenvalue weighted by Crippen LogP contribution is 2.22. The van der Waals surface area contributed by atoms with Gasteiger partial charge in [0, 0.05) is 25.2 Å². The van der Waals surface area contributed by atoms with E-state index in [0.717, 1.165) is 6.20 Å². The molecule has 0 fully saturated rings. The highest BCUT2D eigenvalue weighted by atomic mass is 35.5. The van der Waals surface area contributed by atoms with Gasteiger partial charge in [0.2, 0.25) is 5.91 Å². The van der Waals surface area contributed by atoms with Crippen LogP contribution in [0, 0.1) is 10.1 Å². The lowest BCUT2D eigenvalue weighted by Gasteiger charge is -2.05. The van der Waals surface area contributed by atoms with Crippen molar-refractivity contribution >= 4 is 40.6 Å². The Morgan fingerprint density at radius 3 is 2.76 bits per heavy atom. The number of anilines is 1. The molecule has 0 saturated carbocycles. The Labute approximate surface area is 128 Å². The predicted octanol–water partition coefficient (Wildman–Crippen LogP) is 2.52. The van der Waals surface area contributed by atoms with Crippen molar-refractivity contribution in [2.24, 2.45) is 0 Å². The molecule has 0 aliphatic rings. The van der Waals surface area contributed by atoms with Crippen LogP contribution in [0.2, 0.25) is 10.0 Å². The number of rotatable bonds is 5. The standard InChI is InChI=1S/C11H9Cl2N5O3/c12-8-3-10(14-5-9(8)13)16-11(19)1-2-17-6-7(4-15-17)18(20)21/h3-6H,1-2H2,(H,14,16,19). The molecule has 2 aromatic rings. The van der Waals surface area contributed by atoms with Gasteiger partial charge in [-0.15, -0.1) is 0 Å². The molecule has 0 aromatic carbocycles. The van der Waals surface area contributed by atoms with Gasteiger partial charge in [0.25, 0.3) is 0 Å². The molecule has 21 heavy (non-hydrogen) atoms. The van der Waals surface area contributed by atoms with E-state index in [2.05, 4.69) is 15.4 Å². The van der Waals surface area contributed by atoms with E-state index in [9.17, 15) is 14.9 Å². The number of nitrogens with one attached hydrogen (secondary N) is 1. The molecule has 110 valence electrons. The molecule has 0 saturated heterocycles. The molecule has 0 unspecified atom stereocenters. The Morgan fingerprint density at radius 1 is 1.38 bits per heavy atom. The number of aromatic nitrogens is 3. The minimum absolute atomic E-state index is 0.0841. The highest BCUT2D eigenvalue weighted by Gasteiger charge is 2.10. The van der Waals surface area contributed by atoms with Crippen LogP contribution in [0.5, 0.6) is 0 Å². The number of carbonyl (C=O) groups excluding carboxylic acids is 1. The minimum atomic E-state index is -0.552. The van der Waals surface area contributed by atoms with Crippen molar-refractivity contribution < 1.29 is 9.72 Å². The van der Waals surface area contributed by atoms with Crippen molar-refractivity contribution in [3.8, 4) is 0 Å². The SMILES string of the molecule is O=C(CCn1cc([N+](=O)[O-])cn1)Nc1cc(Cl)c(Cl)cn1. The molecule has 2 rings (SSSR count). The molecule has 0 aliphatic heterocycles. The maximum absolute atomic E-state index is 11.7. The van der Waals surface area contributed by atoms with Gasteiger partial charge in [-0.05, 0) is 0 Å². The van der Waals surface area contributed by atoms with Crippen molar-refractivity contribution in [1.29, 1.82) is 0 Å². The smallest absolute Gasteiger partial charge is 0.306 e. The molecule has 1 amide bonds. The van der Waals surface area contributed by atoms with Crippen molar-refractivity contribution in [3.63, 3.8) is 0 Å². The summed E-state index contributed by atoms with van der Waals surface area (Å²) in [5.74, 6) is -0.0418. The van der Waals surface area contributed by atoms with Crippen LogP contribution >= 0.6 is 23.2 Å². The summed E-state index contributed by atoms with van der Waals surface area (Å²) < 4.78 is 1.32. The van der Waals surface area contributed by atoms with Crippen LogP contribution in [0.25, 0.3) is 0 Å². The summed E-state index contributed by atoms with van der Waals surface area (Å²) in [5.41, 5.74) is -0.124. The van der Waals surface area contributed by atoms with Crippen LogP contribution in [0.1, 0.15) is 6.42 Å². The quantitative estimate of drug-likeness (QED) is 0.670. The van der Waals surface area contributed by atoms with Gasteiger partial charge in [-0.25, -0.2) is 4.98 Å². The first-order valence-corrected chi connectivity index (χ1v) is 6.49. The number of halogens is 2. The topological polar surface area (TPSA) is 103 Å². The molecule has 8 nitrogen and oxygen atoms in total. The molecule has 2 heterocycles. The average molecular weight is 330 g/mol. The fraction of sp³-hybridized carbons (Fsp3) is 0.182. The Bertz CT molecular complexity index is 688. The molecule has 0 spiro atoms. The lowest BCUT2D eigenvalue weighted by molar-refractivity contribution is -0.385. The van der Waals surface area contributed by atoms with E-state index < -0.39 is 4.92 Å². The molecule has 1 N–H and O–H groups in total. The molecule has 0 atom stereocenters.